The zero-order valence-corrected chi connectivity index (χ0v) is 12.3. The molecule has 0 N–H and O–H groups in total. The van der Waals surface area contributed by atoms with Gasteiger partial charge in [-0.1, -0.05) is 22.4 Å². The number of nitrogens with zero attached hydrogens (tertiary/aromatic N) is 2. The fourth-order valence-corrected chi connectivity index (χ4v) is 2.05. The van der Waals surface area contributed by atoms with E-state index in [2.05, 4.69) is 9.68 Å². The van der Waals surface area contributed by atoms with Crippen molar-refractivity contribution in [2.24, 2.45) is 0 Å². The lowest BCUT2D eigenvalue weighted by molar-refractivity contribution is -0.0607. The predicted molar refractivity (Wildman–Crippen MR) is 74.8 cm³/mol. The summed E-state index contributed by atoms with van der Waals surface area (Å²) >= 11 is 0. The number of hydrogen-bond donors (Lipinski definition) is 0. The molecule has 3 rings (SSSR count). The number of rotatable bonds is 4. The van der Waals surface area contributed by atoms with E-state index in [4.69, 9.17) is 9.57 Å². The van der Waals surface area contributed by atoms with Gasteiger partial charge in [0, 0.05) is 6.07 Å². The SMILES string of the molecule is CCOC(=O)c1cc(C(=O)ON2C(=O)c3ccccc3C2=O)on1. The summed E-state index contributed by atoms with van der Waals surface area (Å²) in [5.74, 6) is -3.91. The molecule has 1 aromatic heterocycles. The first-order valence-corrected chi connectivity index (χ1v) is 6.87. The maximum Gasteiger partial charge on any atom is 0.401 e. The molecule has 0 saturated heterocycles. The van der Waals surface area contributed by atoms with Crippen LogP contribution in [0.15, 0.2) is 34.9 Å². The Morgan fingerprint density at radius 2 is 1.75 bits per heavy atom. The minimum atomic E-state index is -1.15. The number of benzene rings is 1. The van der Waals surface area contributed by atoms with Gasteiger partial charge in [-0.05, 0) is 19.1 Å². The molecule has 0 unspecified atom stereocenters. The molecule has 2 heterocycles. The summed E-state index contributed by atoms with van der Waals surface area (Å²) in [4.78, 5) is 52.4. The molecule has 9 heteroatoms. The number of carbonyl (C=O) groups excluding carboxylic acids is 4. The fourth-order valence-electron chi connectivity index (χ4n) is 2.05. The molecule has 0 atom stereocenters. The summed E-state index contributed by atoms with van der Waals surface area (Å²) in [5.41, 5.74) is 0.0197. The van der Waals surface area contributed by atoms with Crippen LogP contribution in [0.4, 0.5) is 0 Å². The van der Waals surface area contributed by atoms with Crippen LogP contribution in [0.2, 0.25) is 0 Å². The number of hydrogen-bond acceptors (Lipinski definition) is 8. The third-order valence-corrected chi connectivity index (χ3v) is 3.13. The van der Waals surface area contributed by atoms with Crippen LogP contribution in [0, 0.1) is 0 Å². The van der Waals surface area contributed by atoms with E-state index in [0.29, 0.717) is 5.06 Å². The van der Waals surface area contributed by atoms with E-state index in [0.717, 1.165) is 6.07 Å². The molecule has 0 aliphatic carbocycles. The molecule has 122 valence electrons. The van der Waals surface area contributed by atoms with Gasteiger partial charge in [-0.25, -0.2) is 9.59 Å². The van der Waals surface area contributed by atoms with Crippen molar-refractivity contribution in [2.75, 3.05) is 6.61 Å². The average molecular weight is 330 g/mol. The van der Waals surface area contributed by atoms with Gasteiger partial charge in [0.1, 0.15) is 0 Å². The van der Waals surface area contributed by atoms with E-state index in [9.17, 15) is 19.2 Å². The summed E-state index contributed by atoms with van der Waals surface area (Å²) in [5, 5.41) is 3.70. The maximum absolute atomic E-state index is 12.1. The van der Waals surface area contributed by atoms with Gasteiger partial charge < -0.3 is 14.1 Å². The molecule has 1 aromatic carbocycles. The quantitative estimate of drug-likeness (QED) is 0.607. The topological polar surface area (TPSA) is 116 Å². The van der Waals surface area contributed by atoms with Gasteiger partial charge in [0.15, 0.2) is 5.69 Å². The first-order valence-electron chi connectivity index (χ1n) is 6.87. The van der Waals surface area contributed by atoms with Crippen LogP contribution in [0.25, 0.3) is 0 Å². The van der Waals surface area contributed by atoms with Crippen molar-refractivity contribution in [3.8, 4) is 0 Å². The lowest BCUT2D eigenvalue weighted by Crippen LogP contribution is -2.32. The highest BCUT2D eigenvalue weighted by atomic mass is 16.7. The molecule has 24 heavy (non-hydrogen) atoms. The molecule has 0 fully saturated rings. The van der Waals surface area contributed by atoms with Crippen molar-refractivity contribution in [3.05, 3.63) is 52.9 Å². The van der Waals surface area contributed by atoms with Crippen molar-refractivity contribution in [2.45, 2.75) is 6.92 Å². The Morgan fingerprint density at radius 3 is 2.33 bits per heavy atom. The second-order valence-corrected chi connectivity index (χ2v) is 4.63. The first-order chi connectivity index (χ1) is 11.5. The van der Waals surface area contributed by atoms with E-state index < -0.39 is 29.5 Å². The van der Waals surface area contributed by atoms with Crippen LogP contribution < -0.4 is 0 Å². The van der Waals surface area contributed by atoms with Crippen LogP contribution in [0.5, 0.6) is 0 Å². The van der Waals surface area contributed by atoms with Crippen molar-refractivity contribution >= 4 is 23.8 Å². The molecule has 2 aromatic rings. The number of ether oxygens (including phenoxy) is 1. The predicted octanol–water partition coefficient (Wildman–Crippen LogP) is 1.22. The summed E-state index contributed by atoms with van der Waals surface area (Å²) in [6.07, 6.45) is 0. The van der Waals surface area contributed by atoms with Crippen LogP contribution in [0.1, 0.15) is 48.7 Å². The van der Waals surface area contributed by atoms with Gasteiger partial charge in [-0.2, -0.15) is 0 Å². The van der Waals surface area contributed by atoms with E-state index in [1.807, 2.05) is 0 Å². The number of carbonyl (C=O) groups is 4. The average Bonchev–Trinajstić information content (AvgIpc) is 3.16. The molecule has 0 spiro atoms. The van der Waals surface area contributed by atoms with Gasteiger partial charge in [0.2, 0.25) is 5.76 Å². The second kappa shape index (κ2) is 5.95. The lowest BCUT2D eigenvalue weighted by atomic mass is 10.1. The summed E-state index contributed by atoms with van der Waals surface area (Å²) in [6, 6.07) is 7.04. The molecule has 0 radical (unpaired) electrons. The van der Waals surface area contributed by atoms with Crippen LogP contribution in [0.3, 0.4) is 0 Å². The van der Waals surface area contributed by atoms with E-state index >= 15 is 0 Å². The molecule has 2 amide bonds. The largest absolute Gasteiger partial charge is 0.461 e. The lowest BCUT2D eigenvalue weighted by Gasteiger charge is -2.10. The Labute approximate surface area is 134 Å². The normalized spacial score (nSPS) is 13.0. The van der Waals surface area contributed by atoms with E-state index in [-0.39, 0.29) is 23.4 Å². The van der Waals surface area contributed by atoms with Gasteiger partial charge in [-0.3, -0.25) is 9.59 Å². The molecule has 0 saturated carbocycles. The minimum absolute atomic E-state index is 0.125. The Hall–Kier alpha value is -3.49. The molecular formula is C15H10N2O7. The number of aromatic nitrogens is 1. The highest BCUT2D eigenvalue weighted by Gasteiger charge is 2.39. The molecular weight excluding hydrogens is 320 g/mol. The Balaban J connectivity index is 1.76. The van der Waals surface area contributed by atoms with Crippen molar-refractivity contribution < 1.29 is 33.3 Å². The van der Waals surface area contributed by atoms with Crippen molar-refractivity contribution in [1.29, 1.82) is 0 Å². The number of amides is 2. The smallest absolute Gasteiger partial charge is 0.401 e. The van der Waals surface area contributed by atoms with Gasteiger partial charge in [0.25, 0.3) is 11.8 Å². The highest BCUT2D eigenvalue weighted by Crippen LogP contribution is 2.23. The second-order valence-electron chi connectivity index (χ2n) is 4.63. The Kier molecular flexibility index (Phi) is 3.82. The maximum atomic E-state index is 12.1. The summed E-state index contributed by atoms with van der Waals surface area (Å²) in [6.45, 7) is 1.73. The van der Waals surface area contributed by atoms with Crippen molar-refractivity contribution in [3.63, 3.8) is 0 Å². The third kappa shape index (κ3) is 2.51. The molecule has 1 aliphatic rings. The van der Waals surface area contributed by atoms with Gasteiger partial charge >= 0.3 is 11.9 Å². The zero-order valence-electron chi connectivity index (χ0n) is 12.3. The zero-order chi connectivity index (χ0) is 17.3. The Bertz CT molecular complexity index is 820. The standard InChI is InChI=1S/C15H10N2O7/c1-2-22-14(20)10-7-11(23-16-10)15(21)24-17-12(18)8-5-3-4-6-9(8)13(17)19/h3-7H,2H2,1H3. The van der Waals surface area contributed by atoms with Crippen LogP contribution in [-0.2, 0) is 9.57 Å². The van der Waals surface area contributed by atoms with E-state index in [1.54, 1.807) is 19.1 Å². The molecule has 9 nitrogen and oxygen atoms in total. The van der Waals surface area contributed by atoms with Gasteiger partial charge in [-0.15, -0.1) is 0 Å². The number of esters is 1. The molecule has 0 bridgehead atoms. The Morgan fingerprint density at radius 1 is 1.12 bits per heavy atom. The van der Waals surface area contributed by atoms with Gasteiger partial charge in [0.05, 0.1) is 17.7 Å². The monoisotopic (exact) mass is 330 g/mol. The van der Waals surface area contributed by atoms with Crippen LogP contribution >= 0.6 is 0 Å². The fraction of sp³-hybridized carbons (Fsp3) is 0.133. The van der Waals surface area contributed by atoms with Crippen molar-refractivity contribution in [1.82, 2.24) is 10.2 Å². The number of imide groups is 1. The molecule has 1 aliphatic heterocycles. The first kappa shape index (κ1) is 15.4. The number of hydroxylamine groups is 2. The van der Waals surface area contributed by atoms with Crippen LogP contribution in [-0.4, -0.2) is 40.6 Å². The van der Waals surface area contributed by atoms with E-state index in [1.165, 1.54) is 12.1 Å². The number of fused-ring (bicyclic) bond motifs is 1. The summed E-state index contributed by atoms with van der Waals surface area (Å²) in [7, 11) is 0. The highest BCUT2D eigenvalue weighted by molar-refractivity contribution is 6.21. The summed E-state index contributed by atoms with van der Waals surface area (Å²) < 4.78 is 9.38. The third-order valence-electron chi connectivity index (χ3n) is 3.13. The minimum Gasteiger partial charge on any atom is -0.461 e.